The molecule has 0 spiro atoms. The van der Waals surface area contributed by atoms with Crippen LogP contribution in [0.3, 0.4) is 0 Å². The van der Waals surface area contributed by atoms with E-state index in [0.717, 1.165) is 11.1 Å². The second-order valence-electron chi connectivity index (χ2n) is 8.73. The Morgan fingerprint density at radius 1 is 0.897 bits per heavy atom. The van der Waals surface area contributed by atoms with Crippen molar-refractivity contribution < 1.29 is 16.8 Å². The molecule has 39 heavy (non-hydrogen) atoms. The molecule has 13 heteroatoms. The third-order valence-electron chi connectivity index (χ3n) is 5.73. The van der Waals surface area contributed by atoms with Crippen LogP contribution in [0.25, 0.3) is 21.6 Å². The van der Waals surface area contributed by atoms with Gasteiger partial charge in [0.15, 0.2) is 0 Å². The van der Waals surface area contributed by atoms with Crippen LogP contribution in [0.2, 0.25) is 0 Å². The fourth-order valence-electron chi connectivity index (χ4n) is 3.75. The number of fused-ring (bicyclic) bond motifs is 1. The van der Waals surface area contributed by atoms with Gasteiger partial charge in [-0.3, -0.25) is 4.98 Å². The SMILES string of the molecule is CS(=O)(=O)CCNCc1csc(-c2cc3c(Nc4ccc(S(=O)(=O)c5ccccc5)cc4)ncnc3cn2)n1. The van der Waals surface area contributed by atoms with Gasteiger partial charge < -0.3 is 10.6 Å². The monoisotopic (exact) mass is 580 g/mol. The van der Waals surface area contributed by atoms with E-state index in [1.165, 1.54) is 23.9 Å². The van der Waals surface area contributed by atoms with Crippen molar-refractivity contribution in [3.05, 3.63) is 84.3 Å². The van der Waals surface area contributed by atoms with E-state index >= 15 is 0 Å². The smallest absolute Gasteiger partial charge is 0.206 e. The van der Waals surface area contributed by atoms with Gasteiger partial charge >= 0.3 is 0 Å². The van der Waals surface area contributed by atoms with Crippen molar-refractivity contribution in [3.63, 3.8) is 0 Å². The van der Waals surface area contributed by atoms with Gasteiger partial charge in [-0.1, -0.05) is 18.2 Å². The van der Waals surface area contributed by atoms with Gasteiger partial charge in [0.25, 0.3) is 0 Å². The Labute approximate surface area is 230 Å². The van der Waals surface area contributed by atoms with Gasteiger partial charge in [0, 0.05) is 35.8 Å². The Kier molecular flexibility index (Phi) is 7.66. The molecule has 0 fully saturated rings. The molecular formula is C26H24N6O4S3. The van der Waals surface area contributed by atoms with Gasteiger partial charge in [-0.25, -0.2) is 31.8 Å². The summed E-state index contributed by atoms with van der Waals surface area (Å²) in [6.45, 7) is 0.803. The van der Waals surface area contributed by atoms with Crippen LogP contribution in [0.4, 0.5) is 11.5 Å². The standard InChI is InChI=1S/C26H24N6O4S3/c1-38(33,34)12-11-27-14-19-16-37-26(32-19)23-13-22-24(15-28-23)29-17-30-25(22)31-18-7-9-21(10-8-18)39(35,36)20-5-3-2-4-6-20/h2-10,13,15-17,27H,11-12,14H2,1H3,(H,29,30,31). The molecule has 0 aliphatic rings. The minimum atomic E-state index is -3.61. The van der Waals surface area contributed by atoms with Gasteiger partial charge in [0.1, 0.15) is 27.0 Å². The molecule has 10 nitrogen and oxygen atoms in total. The number of nitrogens with zero attached hydrogens (tertiary/aromatic N) is 4. The number of hydrogen-bond acceptors (Lipinski definition) is 11. The molecule has 2 aromatic carbocycles. The Morgan fingerprint density at radius 3 is 2.38 bits per heavy atom. The van der Waals surface area contributed by atoms with E-state index in [0.29, 0.717) is 40.8 Å². The number of anilines is 2. The number of nitrogens with one attached hydrogen (secondary N) is 2. The van der Waals surface area contributed by atoms with Gasteiger partial charge in [-0.05, 0) is 42.5 Å². The molecule has 0 radical (unpaired) electrons. The maximum absolute atomic E-state index is 12.9. The lowest BCUT2D eigenvalue weighted by Crippen LogP contribution is -2.22. The highest BCUT2D eigenvalue weighted by Gasteiger charge is 2.17. The van der Waals surface area contributed by atoms with E-state index in [1.54, 1.807) is 60.8 Å². The molecule has 0 bridgehead atoms. The summed E-state index contributed by atoms with van der Waals surface area (Å²) >= 11 is 1.44. The van der Waals surface area contributed by atoms with Crippen LogP contribution in [0.1, 0.15) is 5.69 Å². The number of rotatable bonds is 10. The quantitative estimate of drug-likeness (QED) is 0.234. The lowest BCUT2D eigenvalue weighted by atomic mass is 10.2. The summed E-state index contributed by atoms with van der Waals surface area (Å²) in [6, 6.07) is 16.6. The maximum atomic E-state index is 12.9. The zero-order chi connectivity index (χ0) is 27.5. The van der Waals surface area contributed by atoms with Crippen LogP contribution >= 0.6 is 11.3 Å². The second kappa shape index (κ2) is 11.1. The van der Waals surface area contributed by atoms with Gasteiger partial charge in [-0.15, -0.1) is 11.3 Å². The number of hydrogen-bond donors (Lipinski definition) is 2. The molecule has 0 saturated carbocycles. The Bertz CT molecular complexity index is 1830. The minimum Gasteiger partial charge on any atom is -0.340 e. The Hall–Kier alpha value is -3.78. The lowest BCUT2D eigenvalue weighted by molar-refractivity contribution is 0.594. The average Bonchev–Trinajstić information content (AvgIpc) is 3.40. The maximum Gasteiger partial charge on any atom is 0.206 e. The summed E-state index contributed by atoms with van der Waals surface area (Å²) in [7, 11) is -6.63. The number of thiazole rings is 1. The van der Waals surface area contributed by atoms with Crippen LogP contribution in [0, 0.1) is 0 Å². The van der Waals surface area contributed by atoms with Crippen molar-refractivity contribution in [3.8, 4) is 10.7 Å². The molecule has 3 aromatic heterocycles. The first kappa shape index (κ1) is 26.8. The highest BCUT2D eigenvalue weighted by molar-refractivity contribution is 7.91. The summed E-state index contributed by atoms with van der Waals surface area (Å²) < 4.78 is 48.3. The normalized spacial score (nSPS) is 12.0. The summed E-state index contributed by atoms with van der Waals surface area (Å²) in [5, 5.41) is 9.68. The molecule has 2 N–H and O–H groups in total. The molecule has 0 atom stereocenters. The summed E-state index contributed by atoms with van der Waals surface area (Å²) in [5.41, 5.74) is 2.74. The first-order chi connectivity index (χ1) is 18.7. The fourth-order valence-corrected chi connectivity index (χ4v) is 6.33. The minimum absolute atomic E-state index is 0.0670. The predicted molar refractivity (Wildman–Crippen MR) is 151 cm³/mol. The molecule has 0 aliphatic carbocycles. The number of aromatic nitrogens is 4. The van der Waals surface area contributed by atoms with E-state index in [4.69, 9.17) is 0 Å². The Morgan fingerprint density at radius 2 is 1.64 bits per heavy atom. The lowest BCUT2D eigenvalue weighted by Gasteiger charge is -2.10. The average molecular weight is 581 g/mol. The molecule has 3 heterocycles. The number of pyridine rings is 1. The summed E-state index contributed by atoms with van der Waals surface area (Å²) in [6.07, 6.45) is 4.29. The van der Waals surface area contributed by atoms with Crippen molar-refractivity contribution >= 4 is 53.4 Å². The fraction of sp³-hybridized carbons (Fsp3) is 0.154. The number of benzene rings is 2. The second-order valence-corrected chi connectivity index (χ2v) is 13.8. The van der Waals surface area contributed by atoms with Gasteiger partial charge in [0.05, 0.1) is 38.6 Å². The van der Waals surface area contributed by atoms with Crippen LogP contribution in [-0.2, 0) is 26.2 Å². The van der Waals surface area contributed by atoms with E-state index in [9.17, 15) is 16.8 Å². The van der Waals surface area contributed by atoms with Crippen molar-refractivity contribution in [2.24, 2.45) is 0 Å². The third kappa shape index (κ3) is 6.45. The molecule has 0 amide bonds. The van der Waals surface area contributed by atoms with Gasteiger partial charge in [0.2, 0.25) is 9.84 Å². The van der Waals surface area contributed by atoms with E-state index in [2.05, 4.69) is 30.6 Å². The molecule has 5 aromatic rings. The molecule has 0 aliphatic heterocycles. The van der Waals surface area contributed by atoms with Crippen molar-refractivity contribution in [2.45, 2.75) is 16.3 Å². The zero-order valence-corrected chi connectivity index (χ0v) is 23.2. The van der Waals surface area contributed by atoms with Gasteiger partial charge in [-0.2, -0.15) is 0 Å². The van der Waals surface area contributed by atoms with Crippen LogP contribution in [0.5, 0.6) is 0 Å². The zero-order valence-electron chi connectivity index (χ0n) is 20.8. The third-order valence-corrected chi connectivity index (χ3v) is 9.37. The van der Waals surface area contributed by atoms with Crippen molar-refractivity contribution in [1.29, 1.82) is 0 Å². The van der Waals surface area contributed by atoms with E-state index < -0.39 is 19.7 Å². The molecule has 0 unspecified atom stereocenters. The van der Waals surface area contributed by atoms with Crippen molar-refractivity contribution in [1.82, 2.24) is 25.3 Å². The highest BCUT2D eigenvalue weighted by Crippen LogP contribution is 2.29. The van der Waals surface area contributed by atoms with Crippen LogP contribution in [0.15, 0.2) is 88.4 Å². The molecular weight excluding hydrogens is 557 g/mol. The topological polar surface area (TPSA) is 144 Å². The molecule has 200 valence electrons. The van der Waals surface area contributed by atoms with Crippen molar-refractivity contribution in [2.75, 3.05) is 23.9 Å². The largest absolute Gasteiger partial charge is 0.340 e. The first-order valence-electron chi connectivity index (χ1n) is 11.8. The van der Waals surface area contributed by atoms with E-state index in [1.807, 2.05) is 11.4 Å². The van der Waals surface area contributed by atoms with Crippen LogP contribution in [-0.4, -0.2) is 55.3 Å². The molecule has 0 saturated heterocycles. The molecule has 5 rings (SSSR count). The first-order valence-corrected chi connectivity index (χ1v) is 16.2. The summed E-state index contributed by atoms with van der Waals surface area (Å²) in [4.78, 5) is 18.2. The summed E-state index contributed by atoms with van der Waals surface area (Å²) in [5.74, 6) is 0.610. The predicted octanol–water partition coefficient (Wildman–Crippen LogP) is 3.86. The van der Waals surface area contributed by atoms with E-state index in [-0.39, 0.29) is 15.5 Å². The highest BCUT2D eigenvalue weighted by atomic mass is 32.2. The van der Waals surface area contributed by atoms with Crippen LogP contribution < -0.4 is 10.6 Å². The number of sulfone groups is 2. The Balaban J connectivity index is 1.34.